The zero-order valence-electron chi connectivity index (χ0n) is 13.7. The molecule has 2 fully saturated rings. The van der Waals surface area contributed by atoms with Crippen molar-refractivity contribution < 1.29 is 65.4 Å². The fourth-order valence-corrected chi connectivity index (χ4v) is 2.57. The van der Waals surface area contributed by atoms with Crippen LogP contribution in [0.25, 0.3) is 0 Å². The van der Waals surface area contributed by atoms with Crippen LogP contribution >= 0.6 is 0 Å². The van der Waals surface area contributed by atoms with E-state index in [2.05, 4.69) is 0 Å². The molecular formula is C12H23NO14. The van der Waals surface area contributed by atoms with E-state index < -0.39 is 79.7 Å². The molecule has 0 saturated carbocycles. The largest absolute Gasteiger partial charge is 0.394 e. The number of rotatable bonds is 4. The lowest BCUT2D eigenvalue weighted by molar-refractivity contribution is -0.742. The second-order valence-corrected chi connectivity index (χ2v) is 5.76. The van der Waals surface area contributed by atoms with Crippen molar-refractivity contribution in [3.05, 3.63) is 10.1 Å². The molecule has 0 radical (unpaired) electrons. The number of aliphatic hydroxyl groups is 8. The lowest BCUT2D eigenvalue weighted by Gasteiger charge is -2.45. The van der Waals surface area contributed by atoms with Crippen molar-refractivity contribution >= 4 is 0 Å². The Hall–Kier alpha value is -1.24. The highest BCUT2D eigenvalue weighted by atomic mass is 16.9. The van der Waals surface area contributed by atoms with E-state index in [9.17, 15) is 35.7 Å². The first-order valence-electron chi connectivity index (χ1n) is 7.64. The summed E-state index contributed by atoms with van der Waals surface area (Å²) in [6, 6.07) is 0. The molecule has 2 saturated heterocycles. The predicted octanol–water partition coefficient (Wildman–Crippen LogP) is -5.74. The minimum absolute atomic E-state index is 0.667. The number of ether oxygens (including phenoxy) is 3. The van der Waals surface area contributed by atoms with Gasteiger partial charge in [0.25, 0.3) is 5.09 Å². The van der Waals surface area contributed by atoms with Crippen molar-refractivity contribution in [2.45, 2.75) is 61.4 Å². The maximum Gasteiger partial charge on any atom is 0.291 e. The van der Waals surface area contributed by atoms with Gasteiger partial charge in [-0.3, -0.25) is 0 Å². The molecule has 15 nitrogen and oxygen atoms in total. The highest BCUT2D eigenvalue weighted by Gasteiger charge is 2.50. The highest BCUT2D eigenvalue weighted by Crippen LogP contribution is 2.28. The molecule has 2 aliphatic rings. The third kappa shape index (κ3) is 5.87. The summed E-state index contributed by atoms with van der Waals surface area (Å²) in [5.74, 6) is 0. The Balaban J connectivity index is 0.000000828. The van der Waals surface area contributed by atoms with Crippen molar-refractivity contribution in [1.82, 2.24) is 0 Å². The SMILES string of the molecule is O=[N+]([O-])O.OC[C@H]1O[C@@H](O[C@H]2[C@H](O)[C@@H](O)C(O)O[C@@H]2CO)[C@H](O)[C@@H](O)[C@H]1O. The van der Waals surface area contributed by atoms with Crippen LogP contribution in [-0.2, 0) is 14.2 Å². The van der Waals surface area contributed by atoms with Crippen molar-refractivity contribution in [3.8, 4) is 0 Å². The van der Waals surface area contributed by atoms with E-state index in [0.717, 1.165) is 0 Å². The molecule has 0 amide bonds. The summed E-state index contributed by atoms with van der Waals surface area (Å²) in [6.07, 6.45) is -15.6. The van der Waals surface area contributed by atoms with Crippen molar-refractivity contribution in [2.75, 3.05) is 13.2 Å². The molecule has 0 aliphatic carbocycles. The van der Waals surface area contributed by atoms with Crippen molar-refractivity contribution in [1.29, 1.82) is 0 Å². The molecular weight excluding hydrogens is 382 g/mol. The minimum atomic E-state index is -1.74. The van der Waals surface area contributed by atoms with Crippen LogP contribution in [0.4, 0.5) is 0 Å². The number of aliphatic hydroxyl groups excluding tert-OH is 8. The van der Waals surface area contributed by atoms with Crippen LogP contribution in [0.5, 0.6) is 0 Å². The molecule has 0 aromatic carbocycles. The maximum atomic E-state index is 9.94. The first-order valence-corrected chi connectivity index (χ1v) is 7.64. The Bertz CT molecular complexity index is 459. The molecule has 0 aromatic heterocycles. The summed E-state index contributed by atoms with van der Waals surface area (Å²) in [4.78, 5) is 8.36. The number of hydrogen-bond acceptors (Lipinski definition) is 13. The first-order chi connectivity index (χ1) is 12.5. The van der Waals surface area contributed by atoms with Gasteiger partial charge < -0.3 is 60.3 Å². The molecule has 160 valence electrons. The van der Waals surface area contributed by atoms with Gasteiger partial charge in [-0.2, -0.15) is 0 Å². The lowest BCUT2D eigenvalue weighted by atomic mass is 9.97. The van der Waals surface area contributed by atoms with Crippen molar-refractivity contribution in [3.63, 3.8) is 0 Å². The average Bonchev–Trinajstić information content (AvgIpc) is 2.61. The Morgan fingerprint density at radius 1 is 0.815 bits per heavy atom. The third-order valence-electron chi connectivity index (χ3n) is 3.98. The highest BCUT2D eigenvalue weighted by molar-refractivity contribution is 4.93. The molecule has 2 aliphatic heterocycles. The standard InChI is InChI=1S/C12H22O11.HNO3/c13-1-3-5(15)6(16)9(19)12(22-3)23-10-4(2-14)21-11(20)8(18)7(10)17;2-1(3)4/h3-20H,1-2H2;(H,2,3,4)/t3-,4-,5+,6+,7-,8-,9-,10-,11?,12+;/m1./s1. The van der Waals surface area contributed by atoms with Gasteiger partial charge in [0.2, 0.25) is 0 Å². The normalized spacial score (nSPS) is 44.9. The van der Waals surface area contributed by atoms with Gasteiger partial charge in [-0.1, -0.05) is 0 Å². The lowest BCUT2D eigenvalue weighted by Crippen LogP contribution is -2.64. The van der Waals surface area contributed by atoms with Crippen LogP contribution in [-0.4, -0.2) is 126 Å². The summed E-state index contributed by atoms with van der Waals surface area (Å²) >= 11 is 0. The molecule has 1 unspecified atom stereocenters. The Kier molecular flexibility index (Phi) is 9.12. The predicted molar refractivity (Wildman–Crippen MR) is 77.4 cm³/mol. The molecule has 2 heterocycles. The van der Waals surface area contributed by atoms with Gasteiger partial charge in [0, 0.05) is 0 Å². The second kappa shape index (κ2) is 10.3. The van der Waals surface area contributed by atoms with Gasteiger partial charge in [-0.25, -0.2) is 0 Å². The number of hydrogen-bond donors (Lipinski definition) is 9. The van der Waals surface area contributed by atoms with Crippen LogP contribution in [0, 0.1) is 10.1 Å². The fourth-order valence-electron chi connectivity index (χ4n) is 2.57. The van der Waals surface area contributed by atoms with Gasteiger partial charge in [0.05, 0.1) is 13.2 Å². The summed E-state index contributed by atoms with van der Waals surface area (Å²) in [6.45, 7) is -1.35. The average molecular weight is 405 g/mol. The van der Waals surface area contributed by atoms with Gasteiger partial charge in [-0.15, -0.1) is 10.1 Å². The zero-order chi connectivity index (χ0) is 20.9. The smallest absolute Gasteiger partial charge is 0.291 e. The molecule has 10 atom stereocenters. The Morgan fingerprint density at radius 2 is 1.33 bits per heavy atom. The molecule has 27 heavy (non-hydrogen) atoms. The van der Waals surface area contributed by atoms with Crippen LogP contribution in [0.3, 0.4) is 0 Å². The van der Waals surface area contributed by atoms with E-state index in [-0.39, 0.29) is 0 Å². The quantitative estimate of drug-likeness (QED) is 0.156. The summed E-state index contributed by atoms with van der Waals surface area (Å²) in [7, 11) is 0. The van der Waals surface area contributed by atoms with Crippen LogP contribution in [0.2, 0.25) is 0 Å². The minimum Gasteiger partial charge on any atom is -0.394 e. The molecule has 0 spiro atoms. The Labute approximate surface area is 151 Å². The van der Waals surface area contributed by atoms with Crippen LogP contribution in [0.15, 0.2) is 0 Å². The number of nitrogens with zero attached hydrogens (tertiary/aromatic N) is 1. The van der Waals surface area contributed by atoms with E-state index in [1.54, 1.807) is 0 Å². The maximum absolute atomic E-state index is 9.94. The first kappa shape index (κ1) is 23.8. The molecule has 0 bridgehead atoms. The molecule has 0 aromatic rings. The zero-order valence-corrected chi connectivity index (χ0v) is 13.7. The van der Waals surface area contributed by atoms with E-state index in [4.69, 9.17) is 34.6 Å². The van der Waals surface area contributed by atoms with Crippen LogP contribution < -0.4 is 0 Å². The molecule has 9 N–H and O–H groups in total. The van der Waals surface area contributed by atoms with E-state index in [1.807, 2.05) is 0 Å². The van der Waals surface area contributed by atoms with Gasteiger partial charge in [-0.05, 0) is 0 Å². The summed E-state index contributed by atoms with van der Waals surface area (Å²) in [5, 5.41) is 90.1. The monoisotopic (exact) mass is 405 g/mol. The van der Waals surface area contributed by atoms with Gasteiger partial charge >= 0.3 is 0 Å². The molecule has 15 heteroatoms. The fraction of sp³-hybridized carbons (Fsp3) is 1.00. The van der Waals surface area contributed by atoms with Gasteiger partial charge in [0.15, 0.2) is 12.6 Å². The summed E-state index contributed by atoms with van der Waals surface area (Å²) < 4.78 is 15.3. The second-order valence-electron chi connectivity index (χ2n) is 5.76. The van der Waals surface area contributed by atoms with Gasteiger partial charge in [0.1, 0.15) is 48.8 Å². The summed E-state index contributed by atoms with van der Waals surface area (Å²) in [5.41, 5.74) is 0. The van der Waals surface area contributed by atoms with E-state index in [0.29, 0.717) is 0 Å². The van der Waals surface area contributed by atoms with Crippen molar-refractivity contribution in [2.24, 2.45) is 0 Å². The van der Waals surface area contributed by atoms with E-state index >= 15 is 0 Å². The Morgan fingerprint density at radius 3 is 1.81 bits per heavy atom. The molecule has 2 rings (SSSR count). The topological polar surface area (TPSA) is 253 Å². The van der Waals surface area contributed by atoms with E-state index in [1.165, 1.54) is 0 Å². The van der Waals surface area contributed by atoms with Crippen LogP contribution in [0.1, 0.15) is 0 Å². The third-order valence-corrected chi connectivity index (χ3v) is 3.98.